The highest BCUT2D eigenvalue weighted by Gasteiger charge is 2.45. The van der Waals surface area contributed by atoms with Gasteiger partial charge in [-0.05, 0) is 66.7 Å². The molecule has 3 unspecified atom stereocenters. The summed E-state index contributed by atoms with van der Waals surface area (Å²) in [4.78, 5) is 0. The van der Waals surface area contributed by atoms with Crippen LogP contribution in [0.3, 0.4) is 0 Å². The van der Waals surface area contributed by atoms with Crippen molar-refractivity contribution >= 4 is 0 Å². The first-order chi connectivity index (χ1) is 10.5. The summed E-state index contributed by atoms with van der Waals surface area (Å²) < 4.78 is 12.2. The summed E-state index contributed by atoms with van der Waals surface area (Å²) in [5.74, 6) is 0.0618. The quantitative estimate of drug-likeness (QED) is 0.709. The Morgan fingerprint density at radius 1 is 0.957 bits per heavy atom. The molecule has 0 bridgehead atoms. The van der Waals surface area contributed by atoms with E-state index in [0.717, 1.165) is 0 Å². The molecule has 1 aliphatic heterocycles. The highest BCUT2D eigenvalue weighted by molar-refractivity contribution is 5.48. The maximum atomic E-state index is 6.13. The molecule has 23 heavy (non-hydrogen) atoms. The lowest BCUT2D eigenvalue weighted by molar-refractivity contribution is -0.160. The van der Waals surface area contributed by atoms with Gasteiger partial charge in [-0.2, -0.15) is 0 Å². The van der Waals surface area contributed by atoms with E-state index >= 15 is 0 Å². The van der Waals surface area contributed by atoms with Crippen LogP contribution in [-0.4, -0.2) is 12.7 Å². The minimum atomic E-state index is -0.609. The minimum absolute atomic E-state index is 0.153. The zero-order valence-electron chi connectivity index (χ0n) is 16.0. The fraction of sp³-hybridized carbons (Fsp3) is 0.714. The summed E-state index contributed by atoms with van der Waals surface area (Å²) in [7, 11) is 0. The van der Waals surface area contributed by atoms with Gasteiger partial charge in [-0.3, -0.25) is 0 Å². The van der Waals surface area contributed by atoms with Gasteiger partial charge in [0.15, 0.2) is 5.79 Å². The molecule has 2 heteroatoms. The molecule has 3 rings (SSSR count). The molecule has 1 fully saturated rings. The summed E-state index contributed by atoms with van der Waals surface area (Å²) in [5.41, 5.74) is 5.83. The van der Waals surface area contributed by atoms with Crippen LogP contribution < -0.4 is 0 Å². The average Bonchev–Trinajstić information content (AvgIpc) is 2.76. The van der Waals surface area contributed by atoms with E-state index in [4.69, 9.17) is 9.47 Å². The molecule has 1 aromatic rings. The topological polar surface area (TPSA) is 18.5 Å². The van der Waals surface area contributed by atoms with Gasteiger partial charge in [0.05, 0.1) is 12.7 Å². The standard InChI is InChI=1S/C21H32O2/c1-13-9-18-17(19(4,5)11-14(2)20(18,6)7)10-16(13)21(8)22-12-15(3)23-21/h9-10,14-15H,11-12H2,1-8H3. The lowest BCUT2D eigenvalue weighted by Gasteiger charge is -2.47. The summed E-state index contributed by atoms with van der Waals surface area (Å²) >= 11 is 0. The van der Waals surface area contributed by atoms with Crippen LogP contribution >= 0.6 is 0 Å². The molecule has 2 aliphatic rings. The maximum absolute atomic E-state index is 6.13. The Hall–Kier alpha value is -0.860. The average molecular weight is 316 g/mol. The van der Waals surface area contributed by atoms with Crippen molar-refractivity contribution in [3.63, 3.8) is 0 Å². The molecule has 0 saturated carbocycles. The summed E-state index contributed by atoms with van der Waals surface area (Å²) in [6, 6.07) is 4.76. The molecule has 0 amide bonds. The second-order valence-corrected chi connectivity index (χ2v) is 9.11. The third kappa shape index (κ3) is 2.55. The highest BCUT2D eigenvalue weighted by Crippen LogP contribution is 2.51. The molecule has 1 heterocycles. The van der Waals surface area contributed by atoms with E-state index in [1.54, 1.807) is 0 Å². The Balaban J connectivity index is 2.18. The van der Waals surface area contributed by atoms with Crippen molar-refractivity contribution < 1.29 is 9.47 Å². The Bertz CT molecular complexity index is 629. The number of rotatable bonds is 1. The van der Waals surface area contributed by atoms with Gasteiger partial charge in [0, 0.05) is 5.56 Å². The molecular weight excluding hydrogens is 284 g/mol. The molecular formula is C21H32O2. The molecule has 1 saturated heterocycles. The Morgan fingerprint density at radius 3 is 2.17 bits per heavy atom. The van der Waals surface area contributed by atoms with Crippen LogP contribution in [0.25, 0.3) is 0 Å². The molecule has 1 aromatic carbocycles. The zero-order valence-corrected chi connectivity index (χ0v) is 16.0. The van der Waals surface area contributed by atoms with Gasteiger partial charge >= 0.3 is 0 Å². The van der Waals surface area contributed by atoms with Crippen molar-refractivity contribution in [2.75, 3.05) is 6.61 Å². The van der Waals surface area contributed by atoms with Crippen molar-refractivity contribution in [1.29, 1.82) is 0 Å². The fourth-order valence-electron chi connectivity index (χ4n) is 4.56. The van der Waals surface area contributed by atoms with Crippen molar-refractivity contribution in [3.8, 4) is 0 Å². The first-order valence-corrected chi connectivity index (χ1v) is 8.95. The lowest BCUT2D eigenvalue weighted by atomic mass is 9.57. The zero-order chi connectivity index (χ0) is 17.2. The SMILES string of the molecule is Cc1cc2c(cc1C1(C)OCC(C)O1)C(C)(C)CC(C)C2(C)C. The molecule has 128 valence electrons. The van der Waals surface area contributed by atoms with Crippen molar-refractivity contribution in [2.45, 2.75) is 84.5 Å². The van der Waals surface area contributed by atoms with E-state index in [9.17, 15) is 0 Å². The summed E-state index contributed by atoms with van der Waals surface area (Å²) in [6.45, 7) is 18.9. The van der Waals surface area contributed by atoms with E-state index < -0.39 is 5.79 Å². The molecule has 0 spiro atoms. The predicted octanol–water partition coefficient (Wildman–Crippen LogP) is 5.20. The Kier molecular flexibility index (Phi) is 3.74. The van der Waals surface area contributed by atoms with Crippen molar-refractivity contribution in [1.82, 2.24) is 0 Å². The Labute approximate surface area is 141 Å². The second-order valence-electron chi connectivity index (χ2n) is 9.11. The second kappa shape index (κ2) is 5.07. The van der Waals surface area contributed by atoms with Crippen LogP contribution in [0.2, 0.25) is 0 Å². The molecule has 0 N–H and O–H groups in total. The molecule has 0 radical (unpaired) electrons. The fourth-order valence-corrected chi connectivity index (χ4v) is 4.56. The van der Waals surface area contributed by atoms with Gasteiger partial charge in [-0.25, -0.2) is 0 Å². The third-order valence-electron chi connectivity index (χ3n) is 6.35. The molecule has 3 atom stereocenters. The first kappa shape index (κ1) is 17.0. The van der Waals surface area contributed by atoms with Crippen LogP contribution in [0.5, 0.6) is 0 Å². The van der Waals surface area contributed by atoms with Crippen molar-refractivity contribution in [2.24, 2.45) is 5.92 Å². The predicted molar refractivity (Wildman–Crippen MR) is 94.9 cm³/mol. The number of aryl methyl sites for hydroxylation is 1. The minimum Gasteiger partial charge on any atom is -0.343 e. The number of ether oxygens (including phenoxy) is 2. The highest BCUT2D eigenvalue weighted by atomic mass is 16.7. The van der Waals surface area contributed by atoms with Gasteiger partial charge in [0.25, 0.3) is 0 Å². The van der Waals surface area contributed by atoms with Gasteiger partial charge < -0.3 is 9.47 Å². The molecule has 1 aliphatic carbocycles. The third-order valence-corrected chi connectivity index (χ3v) is 6.35. The number of benzene rings is 1. The maximum Gasteiger partial charge on any atom is 0.192 e. The largest absolute Gasteiger partial charge is 0.343 e. The van der Waals surface area contributed by atoms with E-state index in [1.165, 1.54) is 28.7 Å². The van der Waals surface area contributed by atoms with E-state index in [2.05, 4.69) is 67.5 Å². The number of hydrogen-bond donors (Lipinski definition) is 0. The number of hydrogen-bond acceptors (Lipinski definition) is 2. The normalized spacial score (nSPS) is 35.1. The van der Waals surface area contributed by atoms with Gasteiger partial charge in [0.2, 0.25) is 0 Å². The monoisotopic (exact) mass is 316 g/mol. The molecule has 0 aromatic heterocycles. The Morgan fingerprint density at radius 2 is 1.61 bits per heavy atom. The van der Waals surface area contributed by atoms with E-state index in [-0.39, 0.29) is 16.9 Å². The van der Waals surface area contributed by atoms with Crippen LogP contribution in [0.4, 0.5) is 0 Å². The van der Waals surface area contributed by atoms with Crippen LogP contribution in [0.1, 0.15) is 77.1 Å². The number of fused-ring (bicyclic) bond motifs is 1. The lowest BCUT2D eigenvalue weighted by Crippen LogP contribution is -2.41. The van der Waals surface area contributed by atoms with E-state index in [0.29, 0.717) is 12.5 Å². The van der Waals surface area contributed by atoms with Gasteiger partial charge in [-0.15, -0.1) is 0 Å². The van der Waals surface area contributed by atoms with Gasteiger partial charge in [0.1, 0.15) is 0 Å². The van der Waals surface area contributed by atoms with Crippen LogP contribution in [0, 0.1) is 12.8 Å². The smallest absolute Gasteiger partial charge is 0.192 e. The van der Waals surface area contributed by atoms with Crippen molar-refractivity contribution in [3.05, 3.63) is 34.4 Å². The van der Waals surface area contributed by atoms with Crippen LogP contribution in [-0.2, 0) is 26.1 Å². The first-order valence-electron chi connectivity index (χ1n) is 8.95. The van der Waals surface area contributed by atoms with Gasteiger partial charge in [-0.1, -0.05) is 40.7 Å². The van der Waals surface area contributed by atoms with E-state index in [1.807, 2.05) is 0 Å². The van der Waals surface area contributed by atoms with Crippen LogP contribution in [0.15, 0.2) is 12.1 Å². The molecule has 2 nitrogen and oxygen atoms in total. The summed E-state index contributed by atoms with van der Waals surface area (Å²) in [6.07, 6.45) is 1.37. The summed E-state index contributed by atoms with van der Waals surface area (Å²) in [5, 5.41) is 0.